The van der Waals surface area contributed by atoms with E-state index in [0.717, 1.165) is 6.07 Å². The summed E-state index contributed by atoms with van der Waals surface area (Å²) in [5.41, 5.74) is 0.613. The van der Waals surface area contributed by atoms with E-state index in [2.05, 4.69) is 0 Å². The molecule has 0 radical (unpaired) electrons. The summed E-state index contributed by atoms with van der Waals surface area (Å²) in [6.45, 7) is 1.63. The van der Waals surface area contributed by atoms with Gasteiger partial charge in [0.1, 0.15) is 15.9 Å². The summed E-state index contributed by atoms with van der Waals surface area (Å²) in [6.07, 6.45) is 0. The van der Waals surface area contributed by atoms with Gasteiger partial charge in [0.15, 0.2) is 0 Å². The summed E-state index contributed by atoms with van der Waals surface area (Å²) in [6, 6.07) is 3.84. The van der Waals surface area contributed by atoms with Crippen LogP contribution >= 0.6 is 0 Å². The van der Waals surface area contributed by atoms with Crippen molar-refractivity contribution in [2.75, 3.05) is 0 Å². The molecule has 1 rings (SSSR count). The molecule has 0 saturated heterocycles. The van der Waals surface area contributed by atoms with Gasteiger partial charge in [-0.05, 0) is 24.6 Å². The molecule has 0 unspecified atom stereocenters. The summed E-state index contributed by atoms with van der Waals surface area (Å²) < 4.78 is 31.5. The van der Waals surface area contributed by atoms with Crippen molar-refractivity contribution in [3.05, 3.63) is 23.8 Å². The molecule has 0 bridgehead atoms. The molecular weight excluding hydrogens is 203 g/mol. The van der Waals surface area contributed by atoms with Crippen LogP contribution in [-0.4, -0.2) is 18.1 Å². The molecular formula is C7H7NaO4S. The number of phenolic OH excluding ortho intramolecular Hbond substituents is 1. The number of hydrogen-bond donors (Lipinski definition) is 1. The van der Waals surface area contributed by atoms with Crippen molar-refractivity contribution < 1.29 is 47.6 Å². The van der Waals surface area contributed by atoms with E-state index in [-0.39, 0.29) is 29.6 Å². The van der Waals surface area contributed by atoms with Gasteiger partial charge in [0.25, 0.3) is 0 Å². The molecule has 13 heavy (non-hydrogen) atoms. The van der Waals surface area contributed by atoms with E-state index in [1.54, 1.807) is 6.92 Å². The second-order valence-electron chi connectivity index (χ2n) is 2.43. The summed E-state index contributed by atoms with van der Waals surface area (Å²) in [5, 5.41) is 8.99. The number of benzene rings is 1. The molecule has 1 aromatic carbocycles. The zero-order valence-electron chi connectivity index (χ0n) is 7.31. The van der Waals surface area contributed by atoms with Crippen LogP contribution in [0.2, 0.25) is 0 Å². The molecule has 0 saturated carbocycles. The van der Waals surface area contributed by atoms with Gasteiger partial charge in [-0.2, -0.15) is 0 Å². The van der Waals surface area contributed by atoms with Crippen LogP contribution in [-0.2, 0) is 10.1 Å². The SMILES string of the molecule is Cc1ccc(O)c(S(=O)(=O)[O-])c1.[Na+]. The van der Waals surface area contributed by atoms with E-state index < -0.39 is 20.8 Å². The summed E-state index contributed by atoms with van der Waals surface area (Å²) in [5.74, 6) is -0.504. The third-order valence-electron chi connectivity index (χ3n) is 1.38. The number of phenols is 1. The van der Waals surface area contributed by atoms with E-state index >= 15 is 0 Å². The van der Waals surface area contributed by atoms with Gasteiger partial charge in [0.05, 0.1) is 4.90 Å². The monoisotopic (exact) mass is 210 g/mol. The molecule has 0 aliphatic carbocycles. The molecule has 66 valence electrons. The first-order valence-electron chi connectivity index (χ1n) is 3.17. The van der Waals surface area contributed by atoms with E-state index in [0.29, 0.717) is 5.56 Å². The van der Waals surface area contributed by atoms with E-state index in [1.165, 1.54) is 12.1 Å². The van der Waals surface area contributed by atoms with Gasteiger partial charge in [-0.15, -0.1) is 0 Å². The third-order valence-corrected chi connectivity index (χ3v) is 2.25. The van der Waals surface area contributed by atoms with Gasteiger partial charge in [-0.1, -0.05) is 6.07 Å². The third kappa shape index (κ3) is 3.28. The molecule has 0 aliphatic heterocycles. The Morgan fingerprint density at radius 2 is 1.92 bits per heavy atom. The first-order valence-corrected chi connectivity index (χ1v) is 4.57. The quantitative estimate of drug-likeness (QED) is 0.414. The van der Waals surface area contributed by atoms with Crippen molar-refractivity contribution in [3.8, 4) is 5.75 Å². The normalized spacial score (nSPS) is 10.6. The zero-order chi connectivity index (χ0) is 9.35. The molecule has 0 spiro atoms. The minimum Gasteiger partial charge on any atom is -0.744 e. The summed E-state index contributed by atoms with van der Waals surface area (Å²) in [4.78, 5) is -0.567. The van der Waals surface area contributed by atoms with Gasteiger partial charge in [0.2, 0.25) is 0 Å². The van der Waals surface area contributed by atoms with Gasteiger partial charge < -0.3 is 9.66 Å². The van der Waals surface area contributed by atoms with Crippen LogP contribution in [0, 0.1) is 6.92 Å². The minimum atomic E-state index is -4.56. The van der Waals surface area contributed by atoms with E-state index in [9.17, 15) is 13.0 Å². The van der Waals surface area contributed by atoms with Crippen LogP contribution in [0.25, 0.3) is 0 Å². The maximum absolute atomic E-state index is 10.5. The van der Waals surface area contributed by atoms with E-state index in [4.69, 9.17) is 5.11 Å². The van der Waals surface area contributed by atoms with Gasteiger partial charge in [-0.25, -0.2) is 8.42 Å². The van der Waals surface area contributed by atoms with Crippen molar-refractivity contribution in [3.63, 3.8) is 0 Å². The topological polar surface area (TPSA) is 77.4 Å². The Kier molecular flexibility index (Phi) is 4.41. The second-order valence-corrected chi connectivity index (χ2v) is 3.77. The largest absolute Gasteiger partial charge is 1.00 e. The smallest absolute Gasteiger partial charge is 0.744 e. The fraction of sp³-hybridized carbons (Fsp3) is 0.143. The predicted molar refractivity (Wildman–Crippen MR) is 40.8 cm³/mol. The first kappa shape index (κ1) is 12.9. The molecule has 0 amide bonds. The fourth-order valence-corrected chi connectivity index (χ4v) is 1.48. The molecule has 0 aliphatic rings. The molecule has 6 heteroatoms. The van der Waals surface area contributed by atoms with Crippen molar-refractivity contribution in [2.24, 2.45) is 0 Å². The molecule has 0 fully saturated rings. The summed E-state index contributed by atoms with van der Waals surface area (Å²) in [7, 11) is -4.56. The zero-order valence-corrected chi connectivity index (χ0v) is 10.1. The molecule has 0 atom stereocenters. The maximum Gasteiger partial charge on any atom is 1.00 e. The van der Waals surface area contributed by atoms with Gasteiger partial charge >= 0.3 is 29.6 Å². The fourth-order valence-electron chi connectivity index (χ4n) is 0.822. The van der Waals surface area contributed by atoms with Crippen molar-refractivity contribution in [1.29, 1.82) is 0 Å². The Labute approximate surface area is 98.6 Å². The molecule has 1 aromatic rings. The number of hydrogen-bond acceptors (Lipinski definition) is 4. The minimum absolute atomic E-state index is 0. The Morgan fingerprint density at radius 3 is 2.31 bits per heavy atom. The first-order chi connectivity index (χ1) is 5.41. The standard InChI is InChI=1S/C7H8O4S.Na/c1-5-2-3-6(8)7(4-5)12(9,10)11;/h2-4,8H,1H3,(H,9,10,11);/q;+1/p-1. The predicted octanol–water partition coefficient (Wildman–Crippen LogP) is -2.39. The van der Waals surface area contributed by atoms with Crippen LogP contribution in [0.15, 0.2) is 23.1 Å². The number of aryl methyl sites for hydroxylation is 1. The maximum atomic E-state index is 10.5. The van der Waals surface area contributed by atoms with Gasteiger partial charge in [-0.3, -0.25) is 0 Å². The van der Waals surface area contributed by atoms with Crippen LogP contribution in [0.1, 0.15) is 5.56 Å². The number of rotatable bonds is 1. The van der Waals surface area contributed by atoms with Crippen molar-refractivity contribution in [2.45, 2.75) is 11.8 Å². The Hall–Kier alpha value is -0.0700. The van der Waals surface area contributed by atoms with Crippen molar-refractivity contribution >= 4 is 10.1 Å². The molecule has 0 heterocycles. The van der Waals surface area contributed by atoms with Crippen LogP contribution < -0.4 is 29.6 Å². The average Bonchev–Trinajstić information content (AvgIpc) is 1.92. The van der Waals surface area contributed by atoms with Crippen LogP contribution in [0.4, 0.5) is 0 Å². The van der Waals surface area contributed by atoms with Crippen LogP contribution in [0.5, 0.6) is 5.75 Å². The summed E-state index contributed by atoms with van der Waals surface area (Å²) >= 11 is 0. The van der Waals surface area contributed by atoms with Gasteiger partial charge in [0, 0.05) is 0 Å². The number of aromatic hydroxyl groups is 1. The molecule has 1 N–H and O–H groups in total. The average molecular weight is 210 g/mol. The Bertz CT molecular complexity index is 399. The Balaban J connectivity index is 0.00000144. The van der Waals surface area contributed by atoms with Crippen LogP contribution in [0.3, 0.4) is 0 Å². The van der Waals surface area contributed by atoms with E-state index in [1.807, 2.05) is 0 Å². The van der Waals surface area contributed by atoms with Crippen molar-refractivity contribution in [1.82, 2.24) is 0 Å². The molecule has 0 aromatic heterocycles. The molecule has 4 nitrogen and oxygen atoms in total. The Morgan fingerprint density at radius 1 is 1.38 bits per heavy atom. The second kappa shape index (κ2) is 4.43.